The van der Waals surface area contributed by atoms with Gasteiger partial charge in [0.15, 0.2) is 0 Å². The predicted octanol–water partition coefficient (Wildman–Crippen LogP) is 1.33. The van der Waals surface area contributed by atoms with E-state index in [2.05, 4.69) is 0 Å². The normalized spacial score (nSPS) is 18.6. The highest BCUT2D eigenvalue weighted by molar-refractivity contribution is 5.28. The van der Waals surface area contributed by atoms with E-state index >= 15 is 0 Å². The van der Waals surface area contributed by atoms with Crippen molar-refractivity contribution >= 4 is 6.20 Å². The molecule has 0 aromatic carbocycles. The van der Waals surface area contributed by atoms with Crippen molar-refractivity contribution in [2.24, 2.45) is 0 Å². The summed E-state index contributed by atoms with van der Waals surface area (Å²) in [5.74, 6) is 0. The van der Waals surface area contributed by atoms with Gasteiger partial charge in [0.2, 0.25) is 0 Å². The summed E-state index contributed by atoms with van der Waals surface area (Å²) in [4.78, 5) is 0. The van der Waals surface area contributed by atoms with Gasteiger partial charge in [0.25, 0.3) is 0 Å². The molecule has 1 aliphatic heterocycles. The van der Waals surface area contributed by atoms with Gasteiger partial charge in [-0.2, -0.15) is 0 Å². The number of hydrogen-bond donors (Lipinski definition) is 1. The molecular weight excluding hydrogens is 204 g/mol. The lowest BCUT2D eigenvalue weighted by Crippen LogP contribution is -2.48. The SMILES string of the molecule is C/C=C\n1ccc(C2(OC)COC2)cc1=N. The summed E-state index contributed by atoms with van der Waals surface area (Å²) < 4.78 is 12.4. The van der Waals surface area contributed by atoms with Crippen molar-refractivity contribution < 1.29 is 9.47 Å². The fraction of sp³-hybridized carbons (Fsp3) is 0.417. The maximum atomic E-state index is 7.88. The van der Waals surface area contributed by atoms with E-state index in [9.17, 15) is 0 Å². The van der Waals surface area contributed by atoms with Gasteiger partial charge in [-0.05, 0) is 24.6 Å². The van der Waals surface area contributed by atoms with Crippen LogP contribution in [0.5, 0.6) is 0 Å². The third-order valence-electron chi connectivity index (χ3n) is 2.88. The number of allylic oxidation sites excluding steroid dienone is 1. The van der Waals surface area contributed by atoms with Crippen molar-refractivity contribution in [1.82, 2.24) is 4.57 Å². The second-order valence-corrected chi connectivity index (χ2v) is 3.88. The predicted molar refractivity (Wildman–Crippen MR) is 60.8 cm³/mol. The van der Waals surface area contributed by atoms with Gasteiger partial charge in [0.1, 0.15) is 11.1 Å². The molecule has 1 N–H and O–H groups in total. The van der Waals surface area contributed by atoms with Crippen LogP contribution < -0.4 is 5.49 Å². The third-order valence-corrected chi connectivity index (χ3v) is 2.88. The molecule has 0 bridgehead atoms. The molecule has 0 atom stereocenters. The summed E-state index contributed by atoms with van der Waals surface area (Å²) in [6.45, 7) is 3.06. The fourth-order valence-electron chi connectivity index (χ4n) is 1.77. The van der Waals surface area contributed by atoms with Crippen molar-refractivity contribution in [2.45, 2.75) is 12.5 Å². The lowest BCUT2D eigenvalue weighted by atomic mass is 9.92. The van der Waals surface area contributed by atoms with Gasteiger partial charge in [-0.25, -0.2) is 0 Å². The van der Waals surface area contributed by atoms with E-state index in [0.29, 0.717) is 18.7 Å². The number of nitrogens with one attached hydrogen (secondary N) is 1. The van der Waals surface area contributed by atoms with E-state index < -0.39 is 0 Å². The van der Waals surface area contributed by atoms with E-state index in [1.165, 1.54) is 0 Å². The van der Waals surface area contributed by atoms with Gasteiger partial charge >= 0.3 is 0 Å². The number of rotatable bonds is 3. The zero-order chi connectivity index (χ0) is 11.6. The summed E-state index contributed by atoms with van der Waals surface area (Å²) in [5.41, 5.74) is 1.11. The number of hydrogen-bond acceptors (Lipinski definition) is 3. The first-order valence-corrected chi connectivity index (χ1v) is 5.25. The molecule has 4 heteroatoms. The minimum absolute atomic E-state index is 0.342. The molecule has 0 aliphatic carbocycles. The minimum Gasteiger partial charge on any atom is -0.375 e. The van der Waals surface area contributed by atoms with E-state index in [0.717, 1.165) is 5.56 Å². The van der Waals surface area contributed by atoms with Crippen LogP contribution in [0.15, 0.2) is 24.4 Å². The average Bonchev–Trinajstić information content (AvgIpc) is 2.21. The second kappa shape index (κ2) is 4.23. The maximum absolute atomic E-state index is 7.88. The molecule has 4 nitrogen and oxygen atoms in total. The Bertz CT molecular complexity index is 453. The van der Waals surface area contributed by atoms with Gasteiger partial charge in [0, 0.05) is 19.5 Å². The van der Waals surface area contributed by atoms with Crippen molar-refractivity contribution in [2.75, 3.05) is 20.3 Å². The quantitative estimate of drug-likeness (QED) is 0.835. The number of pyridine rings is 1. The summed E-state index contributed by atoms with van der Waals surface area (Å²) >= 11 is 0. The Balaban J connectivity index is 2.38. The Hall–Kier alpha value is -1.39. The highest BCUT2D eigenvalue weighted by atomic mass is 16.6. The first-order chi connectivity index (χ1) is 7.72. The van der Waals surface area contributed by atoms with Crippen LogP contribution in [-0.2, 0) is 15.1 Å². The molecule has 1 aliphatic rings. The number of ether oxygens (including phenoxy) is 2. The molecule has 0 spiro atoms. The summed E-state index contributed by atoms with van der Waals surface area (Å²) in [6, 6.07) is 3.80. The molecule has 2 heterocycles. The van der Waals surface area contributed by atoms with Gasteiger partial charge < -0.3 is 14.0 Å². The molecule has 16 heavy (non-hydrogen) atoms. The molecule has 1 fully saturated rings. The Labute approximate surface area is 94.6 Å². The van der Waals surface area contributed by atoms with E-state index in [1.807, 2.05) is 37.5 Å². The van der Waals surface area contributed by atoms with Crippen molar-refractivity contribution in [3.63, 3.8) is 0 Å². The molecule has 0 radical (unpaired) electrons. The Kier molecular flexibility index (Phi) is 2.94. The number of methoxy groups -OCH3 is 1. The van der Waals surface area contributed by atoms with Gasteiger partial charge in [-0.3, -0.25) is 5.41 Å². The third kappa shape index (κ3) is 1.70. The van der Waals surface area contributed by atoms with E-state index in [-0.39, 0.29) is 5.60 Å². The van der Waals surface area contributed by atoms with Crippen LogP contribution in [0.1, 0.15) is 12.5 Å². The van der Waals surface area contributed by atoms with Gasteiger partial charge in [-0.1, -0.05) is 6.08 Å². The van der Waals surface area contributed by atoms with Crippen LogP contribution >= 0.6 is 0 Å². The molecule has 0 unspecified atom stereocenters. The van der Waals surface area contributed by atoms with E-state index in [4.69, 9.17) is 14.9 Å². The van der Waals surface area contributed by atoms with Crippen LogP contribution in [0.3, 0.4) is 0 Å². The Morgan fingerprint density at radius 2 is 2.31 bits per heavy atom. The standard InChI is InChI=1S/C12H16N2O2/c1-3-5-14-6-4-10(7-11(14)13)12(15-2)8-16-9-12/h3-7,13H,8-9H2,1-2H3/b5-3-,13-11?. The van der Waals surface area contributed by atoms with Crippen LogP contribution in [0, 0.1) is 5.41 Å². The maximum Gasteiger partial charge on any atom is 0.139 e. The van der Waals surface area contributed by atoms with E-state index in [1.54, 1.807) is 11.7 Å². The van der Waals surface area contributed by atoms with Crippen molar-refractivity contribution in [3.8, 4) is 0 Å². The first kappa shape index (κ1) is 11.1. The van der Waals surface area contributed by atoms with Crippen molar-refractivity contribution in [1.29, 1.82) is 5.41 Å². The zero-order valence-electron chi connectivity index (χ0n) is 9.56. The highest BCUT2D eigenvalue weighted by Crippen LogP contribution is 2.31. The first-order valence-electron chi connectivity index (χ1n) is 5.25. The smallest absolute Gasteiger partial charge is 0.139 e. The second-order valence-electron chi connectivity index (χ2n) is 3.88. The number of nitrogens with zero attached hydrogens (tertiary/aromatic N) is 1. The monoisotopic (exact) mass is 220 g/mol. The largest absolute Gasteiger partial charge is 0.375 e. The molecule has 1 saturated heterocycles. The van der Waals surface area contributed by atoms with Gasteiger partial charge in [0.05, 0.1) is 13.2 Å². The lowest BCUT2D eigenvalue weighted by molar-refractivity contribution is -0.202. The molecule has 86 valence electrons. The van der Waals surface area contributed by atoms with Crippen molar-refractivity contribution in [3.05, 3.63) is 35.5 Å². The molecule has 1 aromatic rings. The lowest BCUT2D eigenvalue weighted by Gasteiger charge is -2.40. The Morgan fingerprint density at radius 1 is 1.56 bits per heavy atom. The summed E-state index contributed by atoms with van der Waals surface area (Å²) in [6.07, 6.45) is 5.62. The van der Waals surface area contributed by atoms with Crippen LogP contribution in [-0.4, -0.2) is 24.9 Å². The Morgan fingerprint density at radius 3 is 2.75 bits per heavy atom. The van der Waals surface area contributed by atoms with Crippen LogP contribution in [0.2, 0.25) is 0 Å². The van der Waals surface area contributed by atoms with Gasteiger partial charge in [-0.15, -0.1) is 0 Å². The summed E-state index contributed by atoms with van der Waals surface area (Å²) in [7, 11) is 1.68. The molecule has 0 amide bonds. The average molecular weight is 220 g/mol. The minimum atomic E-state index is -0.342. The fourth-order valence-corrected chi connectivity index (χ4v) is 1.77. The molecular formula is C12H16N2O2. The molecule has 2 rings (SSSR count). The topological polar surface area (TPSA) is 47.2 Å². The van der Waals surface area contributed by atoms with Crippen LogP contribution in [0.4, 0.5) is 0 Å². The molecule has 1 aromatic heterocycles. The summed E-state index contributed by atoms with van der Waals surface area (Å²) in [5, 5.41) is 7.88. The van der Waals surface area contributed by atoms with Crippen LogP contribution in [0.25, 0.3) is 6.20 Å². The zero-order valence-corrected chi connectivity index (χ0v) is 9.56. The number of aromatic nitrogens is 1. The molecule has 0 saturated carbocycles. The highest BCUT2D eigenvalue weighted by Gasteiger charge is 2.40.